The second-order valence-corrected chi connectivity index (χ2v) is 9.39. The van der Waals surface area contributed by atoms with Crippen LogP contribution in [0.15, 0.2) is 45.4 Å². The lowest BCUT2D eigenvalue weighted by molar-refractivity contribution is 0.0999. The monoisotopic (exact) mass is 381 g/mol. The Morgan fingerprint density at radius 3 is 2.67 bits per heavy atom. The van der Waals surface area contributed by atoms with Crippen molar-refractivity contribution >= 4 is 38.8 Å². The van der Waals surface area contributed by atoms with Crippen molar-refractivity contribution in [3.05, 3.63) is 41.1 Å². The molecule has 1 aromatic heterocycles. The summed E-state index contributed by atoms with van der Waals surface area (Å²) in [5.74, 6) is 5.53. The van der Waals surface area contributed by atoms with Crippen LogP contribution in [-0.2, 0) is 4.74 Å². The Morgan fingerprint density at radius 2 is 1.96 bits per heavy atom. The van der Waals surface area contributed by atoms with Gasteiger partial charge in [0.1, 0.15) is 5.84 Å². The highest BCUT2D eigenvalue weighted by Crippen LogP contribution is 2.40. The van der Waals surface area contributed by atoms with Gasteiger partial charge in [0.2, 0.25) is 0 Å². The van der Waals surface area contributed by atoms with Crippen molar-refractivity contribution < 1.29 is 4.74 Å². The molecule has 1 saturated heterocycles. The maximum Gasteiger partial charge on any atom is 0.128 e. The van der Waals surface area contributed by atoms with Crippen molar-refractivity contribution in [1.82, 2.24) is 4.98 Å². The topological polar surface area (TPSA) is 46.5 Å². The normalized spacial score (nSPS) is 19.4. The van der Waals surface area contributed by atoms with E-state index in [1.807, 2.05) is 12.3 Å². The minimum atomic E-state index is -0.0375. The van der Waals surface area contributed by atoms with Gasteiger partial charge in [-0.05, 0) is 68.5 Å². The zero-order chi connectivity index (χ0) is 19.0. The van der Waals surface area contributed by atoms with Crippen molar-refractivity contribution in [1.29, 1.82) is 0 Å². The van der Waals surface area contributed by atoms with Crippen LogP contribution in [0.4, 0.5) is 5.69 Å². The summed E-state index contributed by atoms with van der Waals surface area (Å²) in [6.07, 6.45) is 4.07. The molecule has 1 fully saturated rings. The molecule has 142 valence electrons. The van der Waals surface area contributed by atoms with E-state index in [0.29, 0.717) is 5.25 Å². The summed E-state index contributed by atoms with van der Waals surface area (Å²) in [4.78, 5) is 10.6. The molecule has 0 amide bonds. The minimum Gasteiger partial charge on any atom is -0.381 e. The number of pyridine rings is 1. The third-order valence-corrected chi connectivity index (χ3v) is 7.90. The summed E-state index contributed by atoms with van der Waals surface area (Å²) < 4.78 is 5.54. The van der Waals surface area contributed by atoms with Gasteiger partial charge in [0.05, 0.1) is 17.7 Å². The molecule has 4 rings (SSSR count). The first kappa shape index (κ1) is 18.4. The zero-order valence-corrected chi connectivity index (χ0v) is 17.2. The number of aliphatic imine (C=N–C) groups is 1. The van der Waals surface area contributed by atoms with Crippen molar-refractivity contribution in [2.24, 2.45) is 4.99 Å². The van der Waals surface area contributed by atoms with Crippen molar-refractivity contribution in [2.75, 3.05) is 25.1 Å². The fourth-order valence-electron chi connectivity index (χ4n) is 3.71. The second-order valence-electron chi connectivity index (χ2n) is 7.43. The van der Waals surface area contributed by atoms with E-state index in [1.165, 1.54) is 21.6 Å². The van der Waals surface area contributed by atoms with Crippen molar-refractivity contribution in [3.63, 3.8) is 0 Å². The number of hydrogen-bond acceptors (Lipinski definition) is 4. The molecular weight excluding hydrogens is 354 g/mol. The van der Waals surface area contributed by atoms with Crippen LogP contribution in [0.25, 0.3) is 10.9 Å². The summed E-state index contributed by atoms with van der Waals surface area (Å²) in [7, 11) is -0.0375. The molecule has 0 saturated carbocycles. The summed E-state index contributed by atoms with van der Waals surface area (Å²) >= 11 is 0. The second kappa shape index (κ2) is 7.56. The molecule has 1 unspecified atom stereocenters. The standard InChI is InChI=1S/C22H27N3OS/c1-14-11-20-18(12-21(14)27(4)17-6-9-26-10-7-17)19(5-8-23-20)25-22-16(3)15(2)13-24-22/h5,8,11-12,17H,4,6-7,9-10,13H2,1-3H3,(H,23,24,25). The summed E-state index contributed by atoms with van der Waals surface area (Å²) in [5, 5.41) is 5.30. The zero-order valence-electron chi connectivity index (χ0n) is 16.3. The van der Waals surface area contributed by atoms with Gasteiger partial charge in [0, 0.05) is 34.9 Å². The van der Waals surface area contributed by atoms with Gasteiger partial charge in [-0.3, -0.25) is 9.98 Å². The number of aryl methyl sites for hydroxylation is 1. The summed E-state index contributed by atoms with van der Waals surface area (Å²) in [5.41, 5.74) is 5.93. The van der Waals surface area contributed by atoms with E-state index in [0.717, 1.165) is 55.0 Å². The predicted octanol–water partition coefficient (Wildman–Crippen LogP) is 4.94. The van der Waals surface area contributed by atoms with Crippen LogP contribution in [0.3, 0.4) is 0 Å². The highest BCUT2D eigenvalue weighted by molar-refractivity contribution is 8.14. The average Bonchev–Trinajstić information content (AvgIpc) is 3.00. The largest absolute Gasteiger partial charge is 0.381 e. The van der Waals surface area contributed by atoms with Gasteiger partial charge in [-0.15, -0.1) is 0 Å². The Morgan fingerprint density at radius 1 is 1.19 bits per heavy atom. The van der Waals surface area contributed by atoms with E-state index in [9.17, 15) is 0 Å². The summed E-state index contributed by atoms with van der Waals surface area (Å²) in [6.45, 7) is 8.95. The molecule has 2 aliphatic heterocycles. The third-order valence-electron chi connectivity index (χ3n) is 5.61. The third kappa shape index (κ3) is 3.58. The van der Waals surface area contributed by atoms with Gasteiger partial charge in [0.15, 0.2) is 0 Å². The minimum absolute atomic E-state index is 0.0375. The highest BCUT2D eigenvalue weighted by Gasteiger charge is 2.20. The van der Waals surface area contributed by atoms with Crippen molar-refractivity contribution in [3.8, 4) is 0 Å². The van der Waals surface area contributed by atoms with Crippen LogP contribution >= 0.6 is 10.5 Å². The Bertz CT molecular complexity index is 971. The highest BCUT2D eigenvalue weighted by atomic mass is 32.2. The van der Waals surface area contributed by atoms with Gasteiger partial charge in [-0.1, -0.05) is 5.87 Å². The SMILES string of the molecule is C=S(c1cc2c(NC3=NCC(C)=C3C)ccnc2cc1C)C1CCOCC1. The predicted molar refractivity (Wildman–Crippen MR) is 118 cm³/mol. The van der Waals surface area contributed by atoms with Crippen LogP contribution in [0.2, 0.25) is 0 Å². The van der Waals surface area contributed by atoms with Crippen LogP contribution in [0, 0.1) is 6.92 Å². The molecule has 1 atom stereocenters. The van der Waals surface area contributed by atoms with Gasteiger partial charge < -0.3 is 10.1 Å². The van der Waals surface area contributed by atoms with E-state index in [1.54, 1.807) is 0 Å². The molecule has 0 aliphatic carbocycles. The molecule has 27 heavy (non-hydrogen) atoms. The van der Waals surface area contributed by atoms with E-state index in [4.69, 9.17) is 4.74 Å². The molecule has 5 heteroatoms. The van der Waals surface area contributed by atoms with Crippen LogP contribution in [0.1, 0.15) is 32.3 Å². The Balaban J connectivity index is 1.72. The van der Waals surface area contributed by atoms with Crippen LogP contribution in [0.5, 0.6) is 0 Å². The Hall–Kier alpha value is -1.98. The smallest absolute Gasteiger partial charge is 0.128 e. The number of amidine groups is 1. The molecule has 1 aromatic carbocycles. The van der Waals surface area contributed by atoms with Gasteiger partial charge >= 0.3 is 0 Å². The maximum absolute atomic E-state index is 5.54. The quantitative estimate of drug-likeness (QED) is 0.766. The molecule has 2 aromatic rings. The molecule has 4 nitrogen and oxygen atoms in total. The average molecular weight is 382 g/mol. The molecular formula is C22H27N3OS. The molecule has 1 N–H and O–H groups in total. The number of fused-ring (bicyclic) bond motifs is 1. The Labute approximate surface area is 163 Å². The number of anilines is 1. The Kier molecular flexibility index (Phi) is 5.15. The molecule has 0 spiro atoms. The van der Waals surface area contributed by atoms with Crippen LogP contribution in [-0.4, -0.2) is 41.7 Å². The van der Waals surface area contributed by atoms with E-state index >= 15 is 0 Å². The molecule has 0 bridgehead atoms. The first-order valence-corrected chi connectivity index (χ1v) is 11.0. The lowest BCUT2D eigenvalue weighted by Crippen LogP contribution is -2.19. The first-order valence-electron chi connectivity index (χ1n) is 9.52. The van der Waals surface area contributed by atoms with Crippen LogP contribution < -0.4 is 5.32 Å². The molecule has 0 radical (unpaired) electrons. The summed E-state index contributed by atoms with van der Waals surface area (Å²) in [6, 6.07) is 6.54. The van der Waals surface area contributed by atoms with Gasteiger partial charge in [-0.25, -0.2) is 0 Å². The number of aromatic nitrogens is 1. The van der Waals surface area contributed by atoms with E-state index < -0.39 is 0 Å². The van der Waals surface area contributed by atoms with E-state index in [-0.39, 0.29) is 10.5 Å². The molecule has 3 heterocycles. The van der Waals surface area contributed by atoms with E-state index in [2.05, 4.69) is 54.1 Å². The lowest BCUT2D eigenvalue weighted by atomic mass is 10.1. The number of nitrogens with one attached hydrogen (secondary N) is 1. The number of benzene rings is 1. The first-order chi connectivity index (χ1) is 13.0. The fraction of sp³-hybridized carbons (Fsp3) is 0.409. The van der Waals surface area contributed by atoms with Crippen molar-refractivity contribution in [2.45, 2.75) is 43.8 Å². The number of hydrogen-bond donors (Lipinski definition) is 1. The maximum atomic E-state index is 5.54. The molecule has 2 aliphatic rings. The number of rotatable bonds is 3. The number of nitrogens with zero attached hydrogens (tertiary/aromatic N) is 2. The van der Waals surface area contributed by atoms with Gasteiger partial charge in [0.25, 0.3) is 0 Å². The van der Waals surface area contributed by atoms with Gasteiger partial charge in [-0.2, -0.15) is 10.5 Å². The number of ether oxygens (including phenoxy) is 1. The lowest BCUT2D eigenvalue weighted by Gasteiger charge is -2.26. The fourth-order valence-corrected chi connectivity index (χ4v) is 5.57.